The van der Waals surface area contributed by atoms with E-state index in [0.29, 0.717) is 16.0 Å². The molecule has 2 unspecified atom stereocenters. The van der Waals surface area contributed by atoms with Crippen LogP contribution in [0.4, 0.5) is 0 Å². The Bertz CT molecular complexity index is 406. The number of hydrogen-bond acceptors (Lipinski definition) is 1. The zero-order valence-electron chi connectivity index (χ0n) is 11.6. The average Bonchev–Trinajstić information content (AvgIpc) is 2.65. The Balaban J connectivity index is 2.18. The van der Waals surface area contributed by atoms with E-state index in [-0.39, 0.29) is 0 Å². The number of halogens is 2. The van der Waals surface area contributed by atoms with Gasteiger partial charge in [0.25, 0.3) is 0 Å². The van der Waals surface area contributed by atoms with Gasteiger partial charge in [-0.15, -0.1) is 0 Å². The van der Waals surface area contributed by atoms with Crippen LogP contribution in [0, 0.1) is 5.92 Å². The Hall–Kier alpha value is -0.240. The topological polar surface area (TPSA) is 12.0 Å². The molecule has 0 heterocycles. The first-order chi connectivity index (χ1) is 9.22. The lowest BCUT2D eigenvalue weighted by Crippen LogP contribution is -2.26. The van der Waals surface area contributed by atoms with Gasteiger partial charge in [-0.05, 0) is 55.5 Å². The molecule has 0 bridgehead atoms. The van der Waals surface area contributed by atoms with Gasteiger partial charge in [0, 0.05) is 0 Å². The lowest BCUT2D eigenvalue weighted by molar-refractivity contribution is 0.379. The molecule has 0 spiro atoms. The van der Waals surface area contributed by atoms with E-state index in [1.165, 1.54) is 37.7 Å². The minimum absolute atomic E-state index is 0.622. The molecule has 1 saturated carbocycles. The molecule has 1 nitrogen and oxygen atoms in total. The normalized spacial score (nSPS) is 24.2. The van der Waals surface area contributed by atoms with Crippen molar-refractivity contribution in [3.05, 3.63) is 33.8 Å². The Kier molecular flexibility index (Phi) is 6.00. The molecule has 3 heteroatoms. The molecule has 2 rings (SSSR count). The van der Waals surface area contributed by atoms with Crippen molar-refractivity contribution in [3.8, 4) is 0 Å². The fourth-order valence-electron chi connectivity index (χ4n) is 3.14. The van der Waals surface area contributed by atoms with E-state index < -0.39 is 0 Å². The molecule has 1 aliphatic carbocycles. The van der Waals surface area contributed by atoms with Gasteiger partial charge in [-0.1, -0.05) is 55.5 Å². The molecule has 0 aromatic heterocycles. The summed E-state index contributed by atoms with van der Waals surface area (Å²) >= 11 is 12.2. The quantitative estimate of drug-likeness (QED) is 0.747. The molecule has 106 valence electrons. The average molecular weight is 300 g/mol. The van der Waals surface area contributed by atoms with Crippen molar-refractivity contribution in [1.82, 2.24) is 5.32 Å². The lowest BCUT2D eigenvalue weighted by Gasteiger charge is -2.26. The van der Waals surface area contributed by atoms with Gasteiger partial charge in [0.05, 0.1) is 10.0 Å². The number of nitrogens with one attached hydrogen (secondary N) is 1. The minimum Gasteiger partial charge on any atom is -0.317 e. The standard InChI is InChI=1S/C16H23Cl2N/c1-2-19-11-13-6-4-3-5-7-14(13)12-8-9-15(17)16(18)10-12/h8-10,13-14,19H,2-7,11H2,1H3. The van der Waals surface area contributed by atoms with Crippen LogP contribution < -0.4 is 5.32 Å². The van der Waals surface area contributed by atoms with Crippen molar-refractivity contribution < 1.29 is 0 Å². The highest BCUT2D eigenvalue weighted by molar-refractivity contribution is 6.42. The Morgan fingerprint density at radius 3 is 2.63 bits per heavy atom. The molecule has 1 aromatic carbocycles. The molecule has 1 aliphatic rings. The second kappa shape index (κ2) is 7.52. The summed E-state index contributed by atoms with van der Waals surface area (Å²) in [7, 11) is 0. The summed E-state index contributed by atoms with van der Waals surface area (Å²) < 4.78 is 0. The largest absolute Gasteiger partial charge is 0.317 e. The molecule has 0 saturated heterocycles. The van der Waals surface area contributed by atoms with E-state index in [4.69, 9.17) is 23.2 Å². The van der Waals surface area contributed by atoms with Gasteiger partial charge in [0.2, 0.25) is 0 Å². The maximum atomic E-state index is 6.18. The monoisotopic (exact) mass is 299 g/mol. The second-order valence-corrected chi connectivity index (χ2v) is 6.30. The first-order valence-electron chi connectivity index (χ1n) is 7.38. The minimum atomic E-state index is 0.622. The number of hydrogen-bond donors (Lipinski definition) is 1. The Morgan fingerprint density at radius 2 is 1.89 bits per heavy atom. The zero-order valence-corrected chi connectivity index (χ0v) is 13.1. The van der Waals surface area contributed by atoms with Gasteiger partial charge in [-0.25, -0.2) is 0 Å². The smallest absolute Gasteiger partial charge is 0.0595 e. The highest BCUT2D eigenvalue weighted by Gasteiger charge is 2.25. The van der Waals surface area contributed by atoms with Crippen LogP contribution in [0.15, 0.2) is 18.2 Å². The van der Waals surface area contributed by atoms with Crippen molar-refractivity contribution in [2.45, 2.75) is 44.9 Å². The van der Waals surface area contributed by atoms with E-state index >= 15 is 0 Å². The predicted octanol–water partition coefficient (Wildman–Crippen LogP) is 5.27. The lowest BCUT2D eigenvalue weighted by atomic mass is 9.82. The van der Waals surface area contributed by atoms with Crippen molar-refractivity contribution in [2.24, 2.45) is 5.92 Å². The Morgan fingerprint density at radius 1 is 1.11 bits per heavy atom. The van der Waals surface area contributed by atoms with Gasteiger partial charge in [0.1, 0.15) is 0 Å². The van der Waals surface area contributed by atoms with Crippen molar-refractivity contribution in [2.75, 3.05) is 13.1 Å². The SMILES string of the molecule is CCNCC1CCCCCC1c1ccc(Cl)c(Cl)c1. The first-order valence-corrected chi connectivity index (χ1v) is 8.13. The van der Waals surface area contributed by atoms with Crippen LogP contribution in [-0.2, 0) is 0 Å². The summed E-state index contributed by atoms with van der Waals surface area (Å²) in [5, 5.41) is 4.85. The highest BCUT2D eigenvalue weighted by Crippen LogP contribution is 2.38. The fraction of sp³-hybridized carbons (Fsp3) is 0.625. The van der Waals surface area contributed by atoms with Crippen molar-refractivity contribution >= 4 is 23.2 Å². The molecule has 1 N–H and O–H groups in total. The summed E-state index contributed by atoms with van der Waals surface area (Å²) in [6, 6.07) is 6.16. The molecular weight excluding hydrogens is 277 g/mol. The van der Waals surface area contributed by atoms with Crippen LogP contribution in [0.5, 0.6) is 0 Å². The van der Waals surface area contributed by atoms with Crippen LogP contribution in [0.1, 0.15) is 50.5 Å². The maximum absolute atomic E-state index is 6.18. The van der Waals surface area contributed by atoms with Crippen LogP contribution in [0.2, 0.25) is 10.0 Å². The summed E-state index contributed by atoms with van der Waals surface area (Å²) in [5.74, 6) is 1.34. The van der Waals surface area contributed by atoms with Crippen LogP contribution in [-0.4, -0.2) is 13.1 Å². The molecule has 1 fully saturated rings. The summed E-state index contributed by atoms with van der Waals surface area (Å²) in [5.41, 5.74) is 1.36. The van der Waals surface area contributed by atoms with E-state index in [1.807, 2.05) is 6.07 Å². The molecule has 19 heavy (non-hydrogen) atoms. The third-order valence-electron chi connectivity index (χ3n) is 4.19. The van der Waals surface area contributed by atoms with E-state index in [9.17, 15) is 0 Å². The second-order valence-electron chi connectivity index (χ2n) is 5.49. The van der Waals surface area contributed by atoms with Crippen molar-refractivity contribution in [3.63, 3.8) is 0 Å². The van der Waals surface area contributed by atoms with Crippen LogP contribution in [0.3, 0.4) is 0 Å². The number of benzene rings is 1. The molecule has 1 aromatic rings. The van der Waals surface area contributed by atoms with E-state index in [2.05, 4.69) is 24.4 Å². The van der Waals surface area contributed by atoms with Gasteiger partial charge >= 0.3 is 0 Å². The molecule has 0 radical (unpaired) electrons. The van der Waals surface area contributed by atoms with E-state index in [1.54, 1.807) is 0 Å². The van der Waals surface area contributed by atoms with Gasteiger partial charge in [-0.2, -0.15) is 0 Å². The van der Waals surface area contributed by atoms with E-state index in [0.717, 1.165) is 19.0 Å². The Labute approximate surface area is 126 Å². The fourth-order valence-corrected chi connectivity index (χ4v) is 3.45. The third kappa shape index (κ3) is 4.11. The number of rotatable bonds is 4. The summed E-state index contributed by atoms with van der Waals surface area (Å²) in [4.78, 5) is 0. The van der Waals surface area contributed by atoms with Gasteiger partial charge < -0.3 is 5.32 Å². The first kappa shape index (κ1) is 15.2. The predicted molar refractivity (Wildman–Crippen MR) is 84.3 cm³/mol. The third-order valence-corrected chi connectivity index (χ3v) is 4.93. The maximum Gasteiger partial charge on any atom is 0.0595 e. The zero-order chi connectivity index (χ0) is 13.7. The van der Waals surface area contributed by atoms with Crippen LogP contribution in [0.25, 0.3) is 0 Å². The van der Waals surface area contributed by atoms with Crippen molar-refractivity contribution in [1.29, 1.82) is 0 Å². The summed E-state index contributed by atoms with van der Waals surface area (Å²) in [6.07, 6.45) is 6.63. The summed E-state index contributed by atoms with van der Waals surface area (Å²) in [6.45, 7) is 4.33. The highest BCUT2D eigenvalue weighted by atomic mass is 35.5. The molecular formula is C16H23Cl2N. The van der Waals surface area contributed by atoms with Gasteiger partial charge in [-0.3, -0.25) is 0 Å². The van der Waals surface area contributed by atoms with Gasteiger partial charge in [0.15, 0.2) is 0 Å². The van der Waals surface area contributed by atoms with Crippen LogP contribution >= 0.6 is 23.2 Å². The molecule has 2 atom stereocenters. The molecule has 0 amide bonds. The molecule has 0 aliphatic heterocycles.